The second kappa shape index (κ2) is 4.84. The van der Waals surface area contributed by atoms with Crippen LogP contribution in [0.25, 0.3) is 0 Å². The third kappa shape index (κ3) is 2.51. The summed E-state index contributed by atoms with van der Waals surface area (Å²) in [5.74, 6) is 0.144. The highest BCUT2D eigenvalue weighted by Crippen LogP contribution is 2.21. The standard InChI is InChI=1S/C8H11ClN2O2S/c9-8-4(10)1-2-5(11-8)7(13)6(12)3-14/h1-2,6-7,12-14H,3,10H2. The molecule has 0 aliphatic rings. The highest BCUT2D eigenvalue weighted by Gasteiger charge is 2.18. The molecular formula is C8H11ClN2O2S. The Hall–Kier alpha value is -0.490. The molecule has 2 unspecified atom stereocenters. The fourth-order valence-electron chi connectivity index (χ4n) is 0.921. The smallest absolute Gasteiger partial charge is 0.152 e. The van der Waals surface area contributed by atoms with Crippen LogP contribution in [0.15, 0.2) is 12.1 Å². The number of aliphatic hydroxyl groups is 2. The summed E-state index contributed by atoms with van der Waals surface area (Å²) in [6.45, 7) is 0. The van der Waals surface area contributed by atoms with E-state index < -0.39 is 12.2 Å². The summed E-state index contributed by atoms with van der Waals surface area (Å²) in [6, 6.07) is 3.04. The first kappa shape index (κ1) is 11.6. The SMILES string of the molecule is Nc1ccc(C(O)C(O)CS)nc1Cl. The quantitative estimate of drug-likeness (QED) is 0.457. The molecule has 1 aromatic rings. The lowest BCUT2D eigenvalue weighted by Gasteiger charge is -2.15. The Morgan fingerprint density at radius 1 is 1.50 bits per heavy atom. The van der Waals surface area contributed by atoms with Gasteiger partial charge in [0.2, 0.25) is 0 Å². The first-order chi connectivity index (χ1) is 6.56. The normalized spacial score (nSPS) is 15.1. The van der Waals surface area contributed by atoms with Gasteiger partial charge in [-0.3, -0.25) is 0 Å². The van der Waals surface area contributed by atoms with Crippen LogP contribution in [0.5, 0.6) is 0 Å². The molecule has 0 bridgehead atoms. The molecule has 14 heavy (non-hydrogen) atoms. The molecule has 78 valence electrons. The van der Waals surface area contributed by atoms with Crippen molar-refractivity contribution >= 4 is 29.9 Å². The van der Waals surface area contributed by atoms with E-state index in [1.165, 1.54) is 12.1 Å². The molecule has 0 aliphatic carbocycles. The zero-order valence-corrected chi connectivity index (χ0v) is 8.91. The van der Waals surface area contributed by atoms with Crippen LogP contribution in [0.3, 0.4) is 0 Å². The first-order valence-electron chi connectivity index (χ1n) is 3.95. The number of nitrogens with two attached hydrogens (primary N) is 1. The van der Waals surface area contributed by atoms with E-state index in [1.54, 1.807) is 0 Å². The van der Waals surface area contributed by atoms with E-state index in [-0.39, 0.29) is 16.6 Å². The van der Waals surface area contributed by atoms with Crippen molar-refractivity contribution in [1.82, 2.24) is 4.98 Å². The monoisotopic (exact) mass is 234 g/mol. The largest absolute Gasteiger partial charge is 0.396 e. The predicted octanol–water partition coefficient (Wildman–Crippen LogP) is 0.641. The second-order valence-corrected chi connectivity index (χ2v) is 3.53. The van der Waals surface area contributed by atoms with E-state index in [9.17, 15) is 10.2 Å². The number of anilines is 1. The topological polar surface area (TPSA) is 79.4 Å². The number of aliphatic hydroxyl groups excluding tert-OH is 2. The Kier molecular flexibility index (Phi) is 4.00. The van der Waals surface area contributed by atoms with Crippen LogP contribution in [0.2, 0.25) is 5.15 Å². The molecule has 0 radical (unpaired) electrons. The van der Waals surface area contributed by atoms with Gasteiger partial charge in [0.25, 0.3) is 0 Å². The van der Waals surface area contributed by atoms with Crippen molar-refractivity contribution in [3.63, 3.8) is 0 Å². The average Bonchev–Trinajstić information content (AvgIpc) is 2.20. The lowest BCUT2D eigenvalue weighted by atomic mass is 10.1. The first-order valence-corrected chi connectivity index (χ1v) is 4.96. The predicted molar refractivity (Wildman–Crippen MR) is 58.5 cm³/mol. The molecule has 1 rings (SSSR count). The van der Waals surface area contributed by atoms with E-state index in [2.05, 4.69) is 17.6 Å². The minimum atomic E-state index is -1.09. The van der Waals surface area contributed by atoms with Crippen LogP contribution in [0, 0.1) is 0 Å². The van der Waals surface area contributed by atoms with Crippen molar-refractivity contribution < 1.29 is 10.2 Å². The summed E-state index contributed by atoms with van der Waals surface area (Å²) >= 11 is 9.51. The van der Waals surface area contributed by atoms with Gasteiger partial charge >= 0.3 is 0 Å². The maximum atomic E-state index is 9.54. The Labute approximate surface area is 92.1 Å². The van der Waals surface area contributed by atoms with Crippen LogP contribution in [-0.4, -0.2) is 27.1 Å². The van der Waals surface area contributed by atoms with Crippen molar-refractivity contribution in [1.29, 1.82) is 0 Å². The third-order valence-corrected chi connectivity index (χ3v) is 2.43. The van der Waals surface area contributed by atoms with Crippen molar-refractivity contribution in [2.45, 2.75) is 12.2 Å². The number of aromatic nitrogens is 1. The molecule has 0 aromatic carbocycles. The number of pyridine rings is 1. The molecule has 1 aromatic heterocycles. The van der Waals surface area contributed by atoms with Gasteiger partial charge in [0.15, 0.2) is 5.15 Å². The number of nitrogen functional groups attached to an aromatic ring is 1. The molecule has 0 saturated heterocycles. The van der Waals surface area contributed by atoms with E-state index in [4.69, 9.17) is 17.3 Å². The highest BCUT2D eigenvalue weighted by atomic mass is 35.5. The fraction of sp³-hybridized carbons (Fsp3) is 0.375. The average molecular weight is 235 g/mol. The molecule has 1 heterocycles. The summed E-state index contributed by atoms with van der Waals surface area (Å²) in [7, 11) is 0. The molecule has 2 atom stereocenters. The minimum Gasteiger partial charge on any atom is -0.396 e. The van der Waals surface area contributed by atoms with E-state index in [1.807, 2.05) is 0 Å². The molecule has 6 heteroatoms. The summed E-state index contributed by atoms with van der Waals surface area (Å²) in [5.41, 5.74) is 6.06. The molecule has 0 aliphatic heterocycles. The molecule has 0 saturated carbocycles. The summed E-state index contributed by atoms with van der Waals surface area (Å²) in [5, 5.41) is 19.0. The van der Waals surface area contributed by atoms with Gasteiger partial charge in [-0.2, -0.15) is 12.6 Å². The van der Waals surface area contributed by atoms with Crippen LogP contribution in [0.1, 0.15) is 11.8 Å². The Bertz CT molecular complexity index is 324. The van der Waals surface area contributed by atoms with E-state index in [0.717, 1.165) is 0 Å². The van der Waals surface area contributed by atoms with Gasteiger partial charge in [-0.15, -0.1) is 0 Å². The van der Waals surface area contributed by atoms with Crippen LogP contribution in [0.4, 0.5) is 5.69 Å². The molecule has 0 spiro atoms. The molecule has 4 N–H and O–H groups in total. The zero-order chi connectivity index (χ0) is 10.7. The molecule has 0 amide bonds. The number of hydrogen-bond acceptors (Lipinski definition) is 5. The van der Waals surface area contributed by atoms with Gasteiger partial charge in [-0.05, 0) is 12.1 Å². The fourth-order valence-corrected chi connectivity index (χ4v) is 1.28. The van der Waals surface area contributed by atoms with Crippen LogP contribution >= 0.6 is 24.2 Å². The van der Waals surface area contributed by atoms with E-state index >= 15 is 0 Å². The van der Waals surface area contributed by atoms with Gasteiger partial charge in [0.05, 0.1) is 17.5 Å². The third-order valence-electron chi connectivity index (χ3n) is 1.75. The second-order valence-electron chi connectivity index (χ2n) is 2.81. The Balaban J connectivity index is 2.91. The number of hydrogen-bond donors (Lipinski definition) is 4. The maximum absolute atomic E-state index is 9.54. The minimum absolute atomic E-state index is 0.118. The summed E-state index contributed by atoms with van der Waals surface area (Å²) in [4.78, 5) is 3.84. The number of nitrogens with zero attached hydrogens (tertiary/aromatic N) is 1. The van der Waals surface area contributed by atoms with Gasteiger partial charge in [0.1, 0.15) is 6.10 Å². The van der Waals surface area contributed by atoms with Gasteiger partial charge in [-0.1, -0.05) is 11.6 Å². The maximum Gasteiger partial charge on any atom is 0.152 e. The van der Waals surface area contributed by atoms with Crippen molar-refractivity contribution in [2.75, 3.05) is 11.5 Å². The van der Waals surface area contributed by atoms with Gasteiger partial charge in [-0.25, -0.2) is 4.98 Å². The zero-order valence-electron chi connectivity index (χ0n) is 7.26. The van der Waals surface area contributed by atoms with Crippen LogP contribution < -0.4 is 5.73 Å². The molecular weight excluding hydrogens is 224 g/mol. The van der Waals surface area contributed by atoms with E-state index in [0.29, 0.717) is 5.69 Å². The lowest BCUT2D eigenvalue weighted by molar-refractivity contribution is 0.0310. The molecule has 0 fully saturated rings. The van der Waals surface area contributed by atoms with Crippen LogP contribution in [-0.2, 0) is 0 Å². The summed E-state index contributed by atoms with van der Waals surface area (Å²) in [6.07, 6.45) is -2.06. The number of halogens is 1. The highest BCUT2D eigenvalue weighted by molar-refractivity contribution is 7.80. The van der Waals surface area contributed by atoms with Gasteiger partial charge < -0.3 is 15.9 Å². The Morgan fingerprint density at radius 3 is 2.64 bits per heavy atom. The number of rotatable bonds is 3. The lowest BCUT2D eigenvalue weighted by Crippen LogP contribution is -2.20. The molecule has 4 nitrogen and oxygen atoms in total. The van der Waals surface area contributed by atoms with Crippen molar-refractivity contribution in [3.8, 4) is 0 Å². The van der Waals surface area contributed by atoms with Gasteiger partial charge in [0, 0.05) is 5.75 Å². The van der Waals surface area contributed by atoms with Crippen molar-refractivity contribution in [2.24, 2.45) is 0 Å². The van der Waals surface area contributed by atoms with Crippen molar-refractivity contribution in [3.05, 3.63) is 23.0 Å². The summed E-state index contributed by atoms with van der Waals surface area (Å²) < 4.78 is 0. The number of thiol groups is 1. The Morgan fingerprint density at radius 2 is 2.14 bits per heavy atom.